The summed E-state index contributed by atoms with van der Waals surface area (Å²) in [4.78, 5) is 0. The van der Waals surface area contributed by atoms with Gasteiger partial charge >= 0.3 is 0 Å². The van der Waals surface area contributed by atoms with Gasteiger partial charge < -0.3 is 5.32 Å². The fraction of sp³-hybridized carbons (Fsp3) is 1.00. The topological polar surface area (TPSA) is 58.2 Å². The summed E-state index contributed by atoms with van der Waals surface area (Å²) in [6.45, 7) is 5.96. The molecule has 1 atom stereocenters. The SMILES string of the molecule is CC1(C)CCCNC1CNS(=O)(=O)CC1CCCC1. The second-order valence-corrected chi connectivity index (χ2v) is 8.73. The lowest BCUT2D eigenvalue weighted by molar-refractivity contribution is 0.181. The van der Waals surface area contributed by atoms with Gasteiger partial charge in [0.25, 0.3) is 0 Å². The van der Waals surface area contributed by atoms with Crippen molar-refractivity contribution in [3.05, 3.63) is 0 Å². The summed E-state index contributed by atoms with van der Waals surface area (Å²) in [6.07, 6.45) is 6.88. The largest absolute Gasteiger partial charge is 0.312 e. The molecule has 2 fully saturated rings. The lowest BCUT2D eigenvalue weighted by atomic mass is 9.78. The van der Waals surface area contributed by atoms with E-state index >= 15 is 0 Å². The highest BCUT2D eigenvalue weighted by atomic mass is 32.2. The zero-order chi connectivity index (χ0) is 13.9. The molecular formula is C14H28N2O2S. The summed E-state index contributed by atoms with van der Waals surface area (Å²) < 4.78 is 27.0. The molecule has 0 radical (unpaired) electrons. The molecule has 2 N–H and O–H groups in total. The number of nitrogens with one attached hydrogen (secondary N) is 2. The Bertz CT molecular complexity index is 386. The summed E-state index contributed by atoms with van der Waals surface area (Å²) in [6, 6.07) is 0.250. The van der Waals surface area contributed by atoms with Crippen molar-refractivity contribution in [2.24, 2.45) is 11.3 Å². The Hall–Kier alpha value is -0.130. The monoisotopic (exact) mass is 288 g/mol. The highest BCUT2D eigenvalue weighted by molar-refractivity contribution is 7.89. The summed E-state index contributed by atoms with van der Waals surface area (Å²) in [7, 11) is -3.10. The van der Waals surface area contributed by atoms with Gasteiger partial charge in [0.15, 0.2) is 0 Å². The average Bonchev–Trinajstić information content (AvgIpc) is 2.79. The predicted molar refractivity (Wildman–Crippen MR) is 78.6 cm³/mol. The van der Waals surface area contributed by atoms with Crippen molar-refractivity contribution in [3.8, 4) is 0 Å². The van der Waals surface area contributed by atoms with E-state index in [2.05, 4.69) is 23.9 Å². The Morgan fingerprint density at radius 2 is 1.89 bits per heavy atom. The maximum Gasteiger partial charge on any atom is 0.211 e. The zero-order valence-electron chi connectivity index (χ0n) is 12.2. The third-order valence-electron chi connectivity index (χ3n) is 4.77. The van der Waals surface area contributed by atoms with Crippen molar-refractivity contribution in [1.82, 2.24) is 10.0 Å². The zero-order valence-corrected chi connectivity index (χ0v) is 13.1. The average molecular weight is 288 g/mol. The molecule has 1 aliphatic carbocycles. The van der Waals surface area contributed by atoms with E-state index in [-0.39, 0.29) is 11.5 Å². The van der Waals surface area contributed by atoms with Gasteiger partial charge in [-0.1, -0.05) is 26.7 Å². The standard InChI is InChI=1S/C14H28N2O2S/c1-14(2)8-5-9-15-13(14)10-16-19(17,18)11-12-6-3-4-7-12/h12-13,15-16H,3-11H2,1-2H3. The number of rotatable bonds is 5. The predicted octanol–water partition coefficient (Wildman–Crippen LogP) is 1.87. The fourth-order valence-electron chi connectivity index (χ4n) is 3.38. The van der Waals surface area contributed by atoms with Crippen LogP contribution in [0.3, 0.4) is 0 Å². The van der Waals surface area contributed by atoms with Crippen LogP contribution in [0.1, 0.15) is 52.4 Å². The van der Waals surface area contributed by atoms with Crippen molar-refractivity contribution in [2.75, 3.05) is 18.8 Å². The highest BCUT2D eigenvalue weighted by Crippen LogP contribution is 2.30. The van der Waals surface area contributed by atoms with E-state index in [1.807, 2.05) is 0 Å². The minimum atomic E-state index is -3.10. The molecule has 1 saturated carbocycles. The molecule has 1 unspecified atom stereocenters. The first-order valence-corrected chi connectivity index (χ1v) is 9.25. The van der Waals surface area contributed by atoms with Crippen LogP contribution in [0, 0.1) is 11.3 Å². The molecule has 1 aliphatic heterocycles. The van der Waals surface area contributed by atoms with Gasteiger partial charge in [0.1, 0.15) is 0 Å². The van der Waals surface area contributed by atoms with Gasteiger partial charge in [-0.05, 0) is 43.6 Å². The fourth-order valence-corrected chi connectivity index (χ4v) is 4.87. The Labute approximate surface area is 117 Å². The van der Waals surface area contributed by atoms with E-state index in [0.29, 0.717) is 18.2 Å². The molecule has 112 valence electrons. The van der Waals surface area contributed by atoms with Crippen molar-refractivity contribution in [2.45, 2.75) is 58.4 Å². The molecule has 1 saturated heterocycles. The van der Waals surface area contributed by atoms with Crippen LogP contribution in [0.15, 0.2) is 0 Å². The molecule has 19 heavy (non-hydrogen) atoms. The second kappa shape index (κ2) is 6.10. The van der Waals surface area contributed by atoms with E-state index in [1.54, 1.807) is 0 Å². The van der Waals surface area contributed by atoms with Crippen molar-refractivity contribution >= 4 is 10.0 Å². The van der Waals surface area contributed by atoms with E-state index in [9.17, 15) is 8.42 Å². The van der Waals surface area contributed by atoms with Gasteiger partial charge in [0.05, 0.1) is 5.75 Å². The normalized spacial score (nSPS) is 28.6. The van der Waals surface area contributed by atoms with Crippen LogP contribution in [0.2, 0.25) is 0 Å². The van der Waals surface area contributed by atoms with Crippen LogP contribution >= 0.6 is 0 Å². The molecule has 4 nitrogen and oxygen atoms in total. The first-order chi connectivity index (χ1) is 8.89. The molecule has 1 heterocycles. The number of hydrogen-bond acceptors (Lipinski definition) is 3. The molecule has 0 amide bonds. The Morgan fingerprint density at radius 1 is 1.21 bits per heavy atom. The van der Waals surface area contributed by atoms with Crippen molar-refractivity contribution in [1.29, 1.82) is 0 Å². The molecule has 0 aromatic rings. The first kappa shape index (κ1) is 15.3. The minimum absolute atomic E-state index is 0.175. The molecule has 0 aromatic carbocycles. The van der Waals surface area contributed by atoms with Gasteiger partial charge in [-0.15, -0.1) is 0 Å². The van der Waals surface area contributed by atoms with Crippen LogP contribution in [0.5, 0.6) is 0 Å². The van der Waals surface area contributed by atoms with E-state index < -0.39 is 10.0 Å². The molecule has 0 spiro atoms. The summed E-state index contributed by atoms with van der Waals surface area (Å²) in [5.74, 6) is 0.699. The van der Waals surface area contributed by atoms with Crippen LogP contribution < -0.4 is 10.0 Å². The smallest absolute Gasteiger partial charge is 0.211 e. The maximum atomic E-state index is 12.1. The summed E-state index contributed by atoms with van der Waals surface area (Å²) in [5.41, 5.74) is 0.175. The Balaban J connectivity index is 1.82. The molecule has 2 aliphatic rings. The van der Waals surface area contributed by atoms with Gasteiger partial charge in [0.2, 0.25) is 10.0 Å². The van der Waals surface area contributed by atoms with Crippen molar-refractivity contribution in [3.63, 3.8) is 0 Å². The number of hydrogen-bond donors (Lipinski definition) is 2. The number of sulfonamides is 1. The number of piperidine rings is 1. The second-order valence-electron chi connectivity index (χ2n) is 6.88. The lowest BCUT2D eigenvalue weighted by Crippen LogP contribution is -2.53. The molecule has 0 aromatic heterocycles. The third-order valence-corrected chi connectivity index (χ3v) is 6.29. The quantitative estimate of drug-likeness (QED) is 0.812. The van der Waals surface area contributed by atoms with Crippen LogP contribution in [-0.4, -0.2) is 33.3 Å². The molecule has 0 bridgehead atoms. The van der Waals surface area contributed by atoms with E-state index in [4.69, 9.17) is 0 Å². The third kappa shape index (κ3) is 4.43. The highest BCUT2D eigenvalue weighted by Gasteiger charge is 2.33. The lowest BCUT2D eigenvalue weighted by Gasteiger charge is -2.39. The molecular weight excluding hydrogens is 260 g/mol. The van der Waals surface area contributed by atoms with E-state index in [0.717, 1.165) is 25.8 Å². The van der Waals surface area contributed by atoms with Crippen LogP contribution in [0.4, 0.5) is 0 Å². The Morgan fingerprint density at radius 3 is 2.53 bits per heavy atom. The first-order valence-electron chi connectivity index (χ1n) is 7.60. The van der Waals surface area contributed by atoms with Gasteiger partial charge in [-0.25, -0.2) is 13.1 Å². The van der Waals surface area contributed by atoms with Gasteiger partial charge in [-0.2, -0.15) is 0 Å². The van der Waals surface area contributed by atoms with Gasteiger partial charge in [0, 0.05) is 12.6 Å². The minimum Gasteiger partial charge on any atom is -0.312 e. The van der Waals surface area contributed by atoms with Crippen LogP contribution in [0.25, 0.3) is 0 Å². The summed E-state index contributed by atoms with van der Waals surface area (Å²) in [5, 5.41) is 3.45. The molecule has 2 rings (SSSR count). The molecule has 5 heteroatoms. The van der Waals surface area contributed by atoms with Gasteiger partial charge in [-0.3, -0.25) is 0 Å². The van der Waals surface area contributed by atoms with Crippen LogP contribution in [-0.2, 0) is 10.0 Å². The summed E-state index contributed by atoms with van der Waals surface area (Å²) >= 11 is 0. The Kier molecular flexibility index (Phi) is 4.90. The van der Waals surface area contributed by atoms with E-state index in [1.165, 1.54) is 19.3 Å². The maximum absolute atomic E-state index is 12.1. The van der Waals surface area contributed by atoms with Crippen molar-refractivity contribution < 1.29 is 8.42 Å².